The van der Waals surface area contributed by atoms with Crippen LogP contribution in [0.25, 0.3) is 0 Å². The van der Waals surface area contributed by atoms with Crippen molar-refractivity contribution >= 4 is 5.91 Å². The van der Waals surface area contributed by atoms with Gasteiger partial charge in [0.1, 0.15) is 25.9 Å². The monoisotopic (exact) mass is 428 g/mol. The lowest BCUT2D eigenvalue weighted by atomic mass is 9.75. The zero-order valence-electron chi connectivity index (χ0n) is 18.7. The van der Waals surface area contributed by atoms with Crippen LogP contribution in [0.3, 0.4) is 0 Å². The van der Waals surface area contributed by atoms with Crippen LogP contribution in [-0.2, 0) is 32.0 Å². The Morgan fingerprint density at radius 3 is 2.58 bits per heavy atom. The number of aromatic nitrogens is 1. The van der Waals surface area contributed by atoms with E-state index in [0.29, 0.717) is 18.9 Å². The number of rotatable bonds is 12. The Morgan fingerprint density at radius 2 is 1.90 bits per heavy atom. The summed E-state index contributed by atoms with van der Waals surface area (Å²) in [7, 11) is 3.15. The average Bonchev–Trinajstić information content (AvgIpc) is 2.78. The third kappa shape index (κ3) is 5.42. The molecule has 1 aliphatic heterocycles. The molecule has 3 rings (SSSR count). The Kier molecular flexibility index (Phi) is 8.01. The van der Waals surface area contributed by atoms with Gasteiger partial charge in [0.15, 0.2) is 5.60 Å². The molecule has 2 aromatic rings. The van der Waals surface area contributed by atoms with Gasteiger partial charge in [-0.25, -0.2) is 0 Å². The summed E-state index contributed by atoms with van der Waals surface area (Å²) in [5.74, 6) is 1.11. The lowest BCUT2D eigenvalue weighted by Crippen LogP contribution is -2.76. The van der Waals surface area contributed by atoms with Gasteiger partial charge < -0.3 is 23.8 Å². The predicted molar refractivity (Wildman–Crippen MR) is 116 cm³/mol. The van der Waals surface area contributed by atoms with E-state index < -0.39 is 5.60 Å². The van der Waals surface area contributed by atoms with Gasteiger partial charge in [0.25, 0.3) is 5.91 Å². The van der Waals surface area contributed by atoms with Gasteiger partial charge in [-0.05, 0) is 42.2 Å². The standard InChI is InChI=1S/C24H32N2O5/c1-18(2)12-22-24(31-17-29-4,23(27)26(22)16-28-3)14-20-13-19(10-11-25-20)15-30-21-8-6-5-7-9-21/h5-11,13,18,22H,12,14-17H2,1-4H3/t22-,24-/m0/s1. The lowest BCUT2D eigenvalue weighted by molar-refractivity contribution is -0.235. The van der Waals surface area contributed by atoms with Gasteiger partial charge in [-0.2, -0.15) is 0 Å². The number of pyridine rings is 1. The quantitative estimate of drug-likeness (QED) is 0.381. The van der Waals surface area contributed by atoms with E-state index in [9.17, 15) is 4.79 Å². The van der Waals surface area contributed by atoms with E-state index in [4.69, 9.17) is 18.9 Å². The molecular weight excluding hydrogens is 396 g/mol. The van der Waals surface area contributed by atoms with Gasteiger partial charge in [-0.15, -0.1) is 0 Å². The van der Waals surface area contributed by atoms with Crippen molar-refractivity contribution in [3.05, 3.63) is 59.9 Å². The highest BCUT2D eigenvalue weighted by Gasteiger charge is 2.61. The van der Waals surface area contributed by atoms with Gasteiger partial charge >= 0.3 is 0 Å². The first-order valence-corrected chi connectivity index (χ1v) is 10.5. The van der Waals surface area contributed by atoms with Crippen LogP contribution in [0.15, 0.2) is 48.7 Å². The Balaban J connectivity index is 1.79. The minimum atomic E-state index is -1.01. The Hall–Kier alpha value is -2.48. The van der Waals surface area contributed by atoms with Crippen LogP contribution >= 0.6 is 0 Å². The fraction of sp³-hybridized carbons (Fsp3) is 0.500. The fourth-order valence-corrected chi connectivity index (χ4v) is 4.00. The Labute approximate surface area is 184 Å². The summed E-state index contributed by atoms with van der Waals surface area (Å²) in [6, 6.07) is 13.4. The number of nitrogens with zero attached hydrogens (tertiary/aromatic N) is 2. The molecule has 1 saturated heterocycles. The molecule has 31 heavy (non-hydrogen) atoms. The van der Waals surface area contributed by atoms with Crippen molar-refractivity contribution in [2.45, 2.75) is 44.9 Å². The van der Waals surface area contributed by atoms with Gasteiger partial charge in [0.2, 0.25) is 0 Å². The van der Waals surface area contributed by atoms with Crippen molar-refractivity contribution in [3.63, 3.8) is 0 Å². The fourth-order valence-electron chi connectivity index (χ4n) is 4.00. The molecule has 7 nitrogen and oxygen atoms in total. The normalized spacial score (nSPS) is 20.7. The Morgan fingerprint density at radius 1 is 1.13 bits per heavy atom. The molecule has 2 atom stereocenters. The van der Waals surface area contributed by atoms with Crippen LogP contribution in [0.2, 0.25) is 0 Å². The van der Waals surface area contributed by atoms with Crippen LogP contribution in [0.5, 0.6) is 5.75 Å². The third-order valence-corrected chi connectivity index (χ3v) is 5.41. The number of para-hydroxylation sites is 1. The molecule has 0 radical (unpaired) electrons. The maximum Gasteiger partial charge on any atom is 0.259 e. The van der Waals surface area contributed by atoms with Crippen molar-refractivity contribution in [1.82, 2.24) is 9.88 Å². The lowest BCUT2D eigenvalue weighted by Gasteiger charge is -2.55. The summed E-state index contributed by atoms with van der Waals surface area (Å²) in [5, 5.41) is 0. The number of carbonyl (C=O) groups excluding carboxylic acids is 1. The van der Waals surface area contributed by atoms with Crippen molar-refractivity contribution < 1.29 is 23.7 Å². The van der Waals surface area contributed by atoms with Gasteiger partial charge in [0.05, 0.1) is 6.04 Å². The molecule has 0 aliphatic carbocycles. The van der Waals surface area contributed by atoms with Crippen LogP contribution in [0.1, 0.15) is 31.5 Å². The number of hydrogen-bond acceptors (Lipinski definition) is 6. The maximum absolute atomic E-state index is 13.2. The first-order chi connectivity index (χ1) is 15.0. The summed E-state index contributed by atoms with van der Waals surface area (Å²) in [5.41, 5.74) is 0.756. The average molecular weight is 429 g/mol. The van der Waals surface area contributed by atoms with E-state index >= 15 is 0 Å². The Bertz CT molecular complexity index is 845. The zero-order valence-corrected chi connectivity index (χ0v) is 18.7. The van der Waals surface area contributed by atoms with Gasteiger partial charge in [-0.3, -0.25) is 9.78 Å². The minimum Gasteiger partial charge on any atom is -0.489 e. The SMILES string of the molecule is COCO[C@]1(Cc2cc(COc3ccccc3)ccn2)C(=O)N(COC)[C@H]1CC(C)C. The molecule has 168 valence electrons. The van der Waals surface area contributed by atoms with Crippen LogP contribution in [0, 0.1) is 5.92 Å². The second-order valence-corrected chi connectivity index (χ2v) is 8.21. The largest absolute Gasteiger partial charge is 0.489 e. The number of methoxy groups -OCH3 is 2. The van der Waals surface area contributed by atoms with Crippen molar-refractivity contribution in [2.24, 2.45) is 5.92 Å². The summed E-state index contributed by atoms with van der Waals surface area (Å²) in [6.45, 7) is 4.97. The predicted octanol–water partition coefficient (Wildman–Crippen LogP) is 3.42. The van der Waals surface area contributed by atoms with E-state index in [2.05, 4.69) is 18.8 Å². The first kappa shape index (κ1) is 23.2. The molecule has 0 unspecified atom stereocenters. The third-order valence-electron chi connectivity index (χ3n) is 5.41. The topological polar surface area (TPSA) is 70.1 Å². The molecule has 1 fully saturated rings. The van der Waals surface area contributed by atoms with Gasteiger partial charge in [0, 0.05) is 32.5 Å². The minimum absolute atomic E-state index is 0.0396. The van der Waals surface area contributed by atoms with Crippen LogP contribution < -0.4 is 4.74 Å². The highest BCUT2D eigenvalue weighted by atomic mass is 16.7. The number of benzene rings is 1. The summed E-state index contributed by atoms with van der Waals surface area (Å²) in [4.78, 5) is 19.4. The highest BCUT2D eigenvalue weighted by Crippen LogP contribution is 2.40. The zero-order chi connectivity index (χ0) is 22.3. The molecule has 0 spiro atoms. The number of hydrogen-bond donors (Lipinski definition) is 0. The molecule has 1 aromatic carbocycles. The second-order valence-electron chi connectivity index (χ2n) is 8.21. The first-order valence-electron chi connectivity index (χ1n) is 10.5. The van der Waals surface area contributed by atoms with E-state index in [1.54, 1.807) is 25.3 Å². The van der Waals surface area contributed by atoms with Crippen molar-refractivity contribution in [2.75, 3.05) is 27.7 Å². The van der Waals surface area contributed by atoms with Crippen molar-refractivity contribution in [3.8, 4) is 5.75 Å². The number of amides is 1. The molecular formula is C24H32N2O5. The molecule has 1 aliphatic rings. The number of β-lactam (4-membered cyclic amide) rings is 1. The molecule has 7 heteroatoms. The molecule has 0 N–H and O–H groups in total. The molecule has 0 bridgehead atoms. The van der Waals surface area contributed by atoms with Gasteiger partial charge in [-0.1, -0.05) is 32.0 Å². The maximum atomic E-state index is 13.2. The van der Waals surface area contributed by atoms with E-state index in [-0.39, 0.29) is 25.5 Å². The summed E-state index contributed by atoms with van der Waals surface area (Å²) >= 11 is 0. The number of likely N-dealkylation sites (tertiary alicyclic amines) is 1. The molecule has 2 heterocycles. The summed E-state index contributed by atoms with van der Waals surface area (Å²) < 4.78 is 22.3. The summed E-state index contributed by atoms with van der Waals surface area (Å²) in [6.07, 6.45) is 2.91. The molecule has 1 aromatic heterocycles. The van der Waals surface area contributed by atoms with E-state index in [1.165, 1.54) is 0 Å². The smallest absolute Gasteiger partial charge is 0.259 e. The number of carbonyl (C=O) groups is 1. The van der Waals surface area contributed by atoms with E-state index in [0.717, 1.165) is 23.4 Å². The van der Waals surface area contributed by atoms with Crippen LogP contribution in [-0.4, -0.2) is 55.2 Å². The van der Waals surface area contributed by atoms with E-state index in [1.807, 2.05) is 42.5 Å². The van der Waals surface area contributed by atoms with Crippen molar-refractivity contribution in [1.29, 1.82) is 0 Å². The number of ether oxygens (including phenoxy) is 4. The molecule has 1 amide bonds. The van der Waals surface area contributed by atoms with Crippen LogP contribution in [0.4, 0.5) is 0 Å². The highest BCUT2D eigenvalue weighted by molar-refractivity contribution is 5.93. The second kappa shape index (κ2) is 10.7. The molecule has 0 saturated carbocycles.